The molecular formula is C12H19NO. The van der Waals surface area contributed by atoms with Crippen molar-refractivity contribution in [1.29, 1.82) is 0 Å². The first-order valence-corrected chi connectivity index (χ1v) is 5.58. The zero-order valence-corrected chi connectivity index (χ0v) is 8.83. The van der Waals surface area contributed by atoms with Gasteiger partial charge < -0.3 is 10.2 Å². The maximum absolute atomic E-state index is 6.22. The molecule has 0 radical (unpaired) electrons. The molecule has 14 heavy (non-hydrogen) atoms. The highest BCUT2D eigenvalue weighted by atomic mass is 16.3. The van der Waals surface area contributed by atoms with E-state index in [0.29, 0.717) is 5.92 Å². The third-order valence-corrected chi connectivity index (χ3v) is 3.29. The van der Waals surface area contributed by atoms with E-state index in [1.54, 1.807) is 0 Å². The fourth-order valence-corrected chi connectivity index (χ4v) is 2.40. The van der Waals surface area contributed by atoms with Crippen LogP contribution in [0.3, 0.4) is 0 Å². The molecule has 2 N–H and O–H groups in total. The highest BCUT2D eigenvalue weighted by Gasteiger charge is 2.22. The lowest BCUT2D eigenvalue weighted by atomic mass is 9.82. The van der Waals surface area contributed by atoms with Gasteiger partial charge >= 0.3 is 0 Å². The number of rotatable bonds is 2. The molecule has 0 aromatic carbocycles. The summed E-state index contributed by atoms with van der Waals surface area (Å²) in [6.07, 6.45) is 8.45. The Balaban J connectivity index is 2.03. The van der Waals surface area contributed by atoms with Gasteiger partial charge in [0.25, 0.3) is 0 Å². The van der Waals surface area contributed by atoms with Crippen molar-refractivity contribution in [3.8, 4) is 0 Å². The maximum atomic E-state index is 6.22. The molecule has 0 spiro atoms. The number of hydrogen-bond donors (Lipinski definition) is 1. The van der Waals surface area contributed by atoms with Crippen LogP contribution in [-0.2, 0) is 0 Å². The maximum Gasteiger partial charge on any atom is 0.101 e. The number of furan rings is 1. The third kappa shape index (κ3) is 2.01. The summed E-state index contributed by atoms with van der Waals surface area (Å²) in [4.78, 5) is 0. The lowest BCUT2D eigenvalue weighted by Crippen LogP contribution is -2.22. The average Bonchev–Trinajstić information content (AvgIpc) is 2.65. The van der Waals surface area contributed by atoms with Gasteiger partial charge in [-0.1, -0.05) is 19.3 Å². The molecule has 1 aromatic rings. The van der Waals surface area contributed by atoms with E-state index in [9.17, 15) is 0 Å². The van der Waals surface area contributed by atoms with E-state index in [1.807, 2.05) is 13.2 Å². The van der Waals surface area contributed by atoms with Crippen molar-refractivity contribution in [1.82, 2.24) is 0 Å². The van der Waals surface area contributed by atoms with E-state index >= 15 is 0 Å². The van der Waals surface area contributed by atoms with Crippen LogP contribution in [0.5, 0.6) is 0 Å². The van der Waals surface area contributed by atoms with Gasteiger partial charge in [0, 0.05) is 11.6 Å². The molecular weight excluding hydrogens is 174 g/mol. The molecule has 78 valence electrons. The van der Waals surface area contributed by atoms with E-state index in [-0.39, 0.29) is 6.04 Å². The van der Waals surface area contributed by atoms with E-state index in [4.69, 9.17) is 10.2 Å². The summed E-state index contributed by atoms with van der Waals surface area (Å²) in [5.74, 6) is 1.63. The van der Waals surface area contributed by atoms with Crippen LogP contribution in [0, 0.1) is 12.8 Å². The average molecular weight is 193 g/mol. The molecule has 1 atom stereocenters. The van der Waals surface area contributed by atoms with Crippen molar-refractivity contribution in [3.05, 3.63) is 23.7 Å². The van der Waals surface area contributed by atoms with Gasteiger partial charge in [-0.3, -0.25) is 0 Å². The Morgan fingerprint density at radius 1 is 1.36 bits per heavy atom. The topological polar surface area (TPSA) is 39.2 Å². The Morgan fingerprint density at radius 2 is 2.07 bits per heavy atom. The summed E-state index contributed by atoms with van der Waals surface area (Å²) in [6.45, 7) is 1.97. The van der Waals surface area contributed by atoms with Crippen LogP contribution in [-0.4, -0.2) is 0 Å². The van der Waals surface area contributed by atoms with Gasteiger partial charge in [0.2, 0.25) is 0 Å². The van der Waals surface area contributed by atoms with Crippen LogP contribution < -0.4 is 5.73 Å². The summed E-state index contributed by atoms with van der Waals surface area (Å²) in [5, 5.41) is 0. The molecule has 0 saturated heterocycles. The first-order chi connectivity index (χ1) is 6.77. The molecule has 1 saturated carbocycles. The highest BCUT2D eigenvalue weighted by Crippen LogP contribution is 2.33. The summed E-state index contributed by atoms with van der Waals surface area (Å²) < 4.78 is 5.30. The second kappa shape index (κ2) is 4.18. The molecule has 1 aliphatic rings. The van der Waals surface area contributed by atoms with Gasteiger partial charge in [0.1, 0.15) is 5.76 Å². The van der Waals surface area contributed by atoms with Crippen LogP contribution in [0.15, 0.2) is 16.7 Å². The van der Waals surface area contributed by atoms with Crippen LogP contribution in [0.2, 0.25) is 0 Å². The van der Waals surface area contributed by atoms with Gasteiger partial charge in [-0.25, -0.2) is 0 Å². The molecule has 0 aliphatic heterocycles. The second-order valence-electron chi connectivity index (χ2n) is 4.41. The molecule has 0 bridgehead atoms. The van der Waals surface area contributed by atoms with Crippen molar-refractivity contribution in [2.75, 3.05) is 0 Å². The molecule has 1 heterocycles. The highest BCUT2D eigenvalue weighted by molar-refractivity contribution is 5.16. The van der Waals surface area contributed by atoms with Crippen molar-refractivity contribution in [3.63, 3.8) is 0 Å². The number of aryl methyl sites for hydroxylation is 1. The van der Waals surface area contributed by atoms with Crippen molar-refractivity contribution >= 4 is 0 Å². The predicted octanol–water partition coefficient (Wildman–Crippen LogP) is 3.17. The van der Waals surface area contributed by atoms with E-state index in [0.717, 1.165) is 5.76 Å². The molecule has 2 rings (SSSR count). The van der Waals surface area contributed by atoms with Gasteiger partial charge in [-0.05, 0) is 31.7 Å². The number of nitrogens with two attached hydrogens (primary N) is 1. The summed E-state index contributed by atoms with van der Waals surface area (Å²) in [7, 11) is 0. The van der Waals surface area contributed by atoms with E-state index < -0.39 is 0 Å². The van der Waals surface area contributed by atoms with Crippen molar-refractivity contribution < 1.29 is 4.42 Å². The monoisotopic (exact) mass is 193 g/mol. The Hall–Kier alpha value is -0.760. The Labute approximate surface area is 85.5 Å². The Bertz CT molecular complexity index is 286. The zero-order valence-electron chi connectivity index (χ0n) is 8.83. The molecule has 1 unspecified atom stereocenters. The Morgan fingerprint density at radius 3 is 2.64 bits per heavy atom. The van der Waals surface area contributed by atoms with Crippen LogP contribution in [0.1, 0.15) is 49.5 Å². The normalized spacial score (nSPS) is 21.0. The quantitative estimate of drug-likeness (QED) is 0.783. The molecule has 1 aromatic heterocycles. The van der Waals surface area contributed by atoms with E-state index in [1.165, 1.54) is 37.7 Å². The minimum atomic E-state index is 0.188. The molecule has 1 aliphatic carbocycles. The van der Waals surface area contributed by atoms with E-state index in [2.05, 4.69) is 6.07 Å². The van der Waals surface area contributed by atoms with Crippen LogP contribution >= 0.6 is 0 Å². The lowest BCUT2D eigenvalue weighted by Gasteiger charge is -2.26. The fourth-order valence-electron chi connectivity index (χ4n) is 2.40. The molecule has 0 amide bonds. The minimum absolute atomic E-state index is 0.188. The van der Waals surface area contributed by atoms with Crippen LogP contribution in [0.4, 0.5) is 0 Å². The largest absolute Gasteiger partial charge is 0.469 e. The first kappa shape index (κ1) is 9.78. The Kier molecular flexibility index (Phi) is 2.92. The van der Waals surface area contributed by atoms with Crippen LogP contribution in [0.25, 0.3) is 0 Å². The van der Waals surface area contributed by atoms with Crippen molar-refractivity contribution in [2.24, 2.45) is 11.7 Å². The lowest BCUT2D eigenvalue weighted by molar-refractivity contribution is 0.307. The molecule has 1 fully saturated rings. The minimum Gasteiger partial charge on any atom is -0.469 e. The summed E-state index contributed by atoms with van der Waals surface area (Å²) >= 11 is 0. The van der Waals surface area contributed by atoms with Gasteiger partial charge in [-0.2, -0.15) is 0 Å². The SMILES string of the molecule is Cc1cc(C(N)C2CCCCC2)co1. The van der Waals surface area contributed by atoms with Gasteiger partial charge in [0.05, 0.1) is 6.26 Å². The predicted molar refractivity (Wildman–Crippen MR) is 56.9 cm³/mol. The second-order valence-corrected chi connectivity index (χ2v) is 4.41. The molecule has 2 heteroatoms. The smallest absolute Gasteiger partial charge is 0.101 e. The summed E-state index contributed by atoms with van der Waals surface area (Å²) in [6, 6.07) is 2.26. The van der Waals surface area contributed by atoms with Gasteiger partial charge in [-0.15, -0.1) is 0 Å². The van der Waals surface area contributed by atoms with Crippen molar-refractivity contribution in [2.45, 2.75) is 45.1 Å². The summed E-state index contributed by atoms with van der Waals surface area (Å²) in [5.41, 5.74) is 7.40. The van der Waals surface area contributed by atoms with Gasteiger partial charge in [0.15, 0.2) is 0 Å². The first-order valence-electron chi connectivity index (χ1n) is 5.58. The standard InChI is InChI=1S/C12H19NO/c1-9-7-11(8-14-9)12(13)10-5-3-2-4-6-10/h7-8,10,12H,2-6,13H2,1H3. The molecule has 2 nitrogen and oxygen atoms in total. The third-order valence-electron chi connectivity index (χ3n) is 3.29. The zero-order chi connectivity index (χ0) is 9.97. The fraction of sp³-hybridized carbons (Fsp3) is 0.667. The number of hydrogen-bond acceptors (Lipinski definition) is 2.